The minimum Gasteiger partial charge on any atom is -0.206 e. The highest BCUT2D eigenvalue weighted by Crippen LogP contribution is 2.36. The maximum Gasteiger partial charge on any atom is 0.133 e. The molecule has 0 saturated heterocycles. The fourth-order valence-corrected chi connectivity index (χ4v) is 3.49. The highest BCUT2D eigenvalue weighted by molar-refractivity contribution is 5.78. The summed E-state index contributed by atoms with van der Waals surface area (Å²) in [5.74, 6) is 0.128. The molecule has 0 aliphatic heterocycles. The summed E-state index contributed by atoms with van der Waals surface area (Å²) < 4.78 is 15.4. The smallest absolute Gasteiger partial charge is 0.133 e. The molecule has 0 atom stereocenters. The first-order valence-electron chi connectivity index (χ1n) is 9.87. The monoisotopic (exact) mass is 378 g/mol. The molecule has 1 rings (SSSR count). The zero-order valence-electron chi connectivity index (χ0n) is 18.7. The van der Waals surface area contributed by atoms with Crippen LogP contribution in [0.5, 0.6) is 0 Å². The molecule has 1 aromatic rings. The Morgan fingerprint density at radius 3 is 2.21 bits per heavy atom. The van der Waals surface area contributed by atoms with Crippen molar-refractivity contribution in [3.8, 4) is 0 Å². The van der Waals surface area contributed by atoms with Crippen LogP contribution in [0, 0.1) is 19.8 Å². The Kier molecular flexibility index (Phi) is 8.63. The maximum absolute atomic E-state index is 15.4. The highest BCUT2D eigenvalue weighted by Gasteiger charge is 2.18. The van der Waals surface area contributed by atoms with Gasteiger partial charge in [0.25, 0.3) is 0 Å². The van der Waals surface area contributed by atoms with Gasteiger partial charge in [0.05, 0.1) is 0 Å². The first-order valence-corrected chi connectivity index (χ1v) is 9.87. The van der Waals surface area contributed by atoms with Gasteiger partial charge in [-0.1, -0.05) is 69.5 Å². The minimum atomic E-state index is -0.308. The Bertz CT molecular complexity index is 870. The van der Waals surface area contributed by atoms with Crippen molar-refractivity contribution < 1.29 is 4.39 Å². The molecule has 0 aromatic heterocycles. The number of halogens is 1. The number of allylic oxidation sites excluding steroid dienone is 9. The molecule has 1 aromatic carbocycles. The molecule has 0 radical (unpaired) electrons. The van der Waals surface area contributed by atoms with Crippen molar-refractivity contribution in [2.75, 3.05) is 0 Å². The zero-order valence-corrected chi connectivity index (χ0v) is 18.7. The summed E-state index contributed by atoms with van der Waals surface area (Å²) in [5.41, 5.74) is 8.07. The summed E-state index contributed by atoms with van der Waals surface area (Å²) >= 11 is 0. The average Bonchev–Trinajstić information content (AvgIpc) is 2.62. The highest BCUT2D eigenvalue weighted by atomic mass is 19.1. The molecular formula is C27H35F. The van der Waals surface area contributed by atoms with Crippen LogP contribution in [-0.4, -0.2) is 0 Å². The molecule has 0 amide bonds. The minimum absolute atomic E-state index is 0.308. The number of benzene rings is 1. The number of aryl methyl sites for hydroxylation is 1. The van der Waals surface area contributed by atoms with E-state index in [2.05, 4.69) is 65.6 Å². The van der Waals surface area contributed by atoms with Crippen molar-refractivity contribution in [3.05, 3.63) is 100 Å². The van der Waals surface area contributed by atoms with Crippen molar-refractivity contribution in [1.29, 1.82) is 0 Å². The van der Waals surface area contributed by atoms with E-state index in [4.69, 9.17) is 0 Å². The lowest BCUT2D eigenvalue weighted by molar-refractivity contribution is 0.643. The SMILES string of the molecule is C=CC(/C(C)=C(\F)C(=C)/C(=C\C)C(=C)C)=C(/CC(C)C)c1cccc(C)c1C. The third kappa shape index (κ3) is 5.32. The van der Waals surface area contributed by atoms with Crippen molar-refractivity contribution in [2.45, 2.75) is 54.9 Å². The lowest BCUT2D eigenvalue weighted by atomic mass is 9.85. The van der Waals surface area contributed by atoms with Crippen LogP contribution in [0.4, 0.5) is 4.39 Å². The molecule has 0 aliphatic rings. The third-order valence-corrected chi connectivity index (χ3v) is 5.14. The molecule has 0 bridgehead atoms. The van der Waals surface area contributed by atoms with Crippen molar-refractivity contribution >= 4 is 5.57 Å². The van der Waals surface area contributed by atoms with Crippen LogP contribution in [0.1, 0.15) is 57.7 Å². The van der Waals surface area contributed by atoms with Gasteiger partial charge in [-0.3, -0.25) is 0 Å². The first kappa shape index (κ1) is 23.6. The quantitative estimate of drug-likeness (QED) is 0.397. The summed E-state index contributed by atoms with van der Waals surface area (Å²) in [6.45, 7) is 26.1. The Hall–Kier alpha value is -2.41. The largest absolute Gasteiger partial charge is 0.206 e. The van der Waals surface area contributed by atoms with Gasteiger partial charge in [0.2, 0.25) is 0 Å². The van der Waals surface area contributed by atoms with Crippen LogP contribution in [0.25, 0.3) is 5.57 Å². The maximum atomic E-state index is 15.4. The molecule has 0 spiro atoms. The topological polar surface area (TPSA) is 0 Å². The second-order valence-electron chi connectivity index (χ2n) is 7.84. The molecule has 0 nitrogen and oxygen atoms in total. The molecule has 1 heteroatoms. The van der Waals surface area contributed by atoms with Crippen LogP contribution in [-0.2, 0) is 0 Å². The van der Waals surface area contributed by atoms with E-state index in [0.29, 0.717) is 17.1 Å². The lowest BCUT2D eigenvalue weighted by Crippen LogP contribution is -2.02. The molecule has 0 unspecified atom stereocenters. The summed E-state index contributed by atoms with van der Waals surface area (Å²) in [5, 5.41) is 0. The van der Waals surface area contributed by atoms with Gasteiger partial charge >= 0.3 is 0 Å². The van der Waals surface area contributed by atoms with Crippen molar-refractivity contribution in [3.63, 3.8) is 0 Å². The molecule has 0 heterocycles. The fourth-order valence-electron chi connectivity index (χ4n) is 3.49. The van der Waals surface area contributed by atoms with E-state index in [1.54, 1.807) is 6.08 Å². The van der Waals surface area contributed by atoms with Gasteiger partial charge in [-0.05, 0) is 85.9 Å². The van der Waals surface area contributed by atoms with E-state index in [-0.39, 0.29) is 5.83 Å². The van der Waals surface area contributed by atoms with Crippen LogP contribution in [0.15, 0.2) is 83.8 Å². The predicted molar refractivity (Wildman–Crippen MR) is 124 cm³/mol. The molecule has 0 saturated carbocycles. The fraction of sp³-hybridized carbons (Fsp3) is 0.333. The number of rotatable bonds is 8. The second kappa shape index (κ2) is 10.2. The van der Waals surface area contributed by atoms with E-state index in [9.17, 15) is 0 Å². The van der Waals surface area contributed by atoms with Crippen molar-refractivity contribution in [2.24, 2.45) is 5.92 Å². The summed E-state index contributed by atoms with van der Waals surface area (Å²) in [6, 6.07) is 6.29. The molecule has 0 N–H and O–H groups in total. The van der Waals surface area contributed by atoms with Crippen LogP contribution < -0.4 is 0 Å². The van der Waals surface area contributed by atoms with E-state index < -0.39 is 0 Å². The van der Waals surface area contributed by atoms with Gasteiger partial charge in [-0.15, -0.1) is 0 Å². The second-order valence-corrected chi connectivity index (χ2v) is 7.84. The molecule has 0 fully saturated rings. The van der Waals surface area contributed by atoms with E-state index >= 15 is 4.39 Å². The van der Waals surface area contributed by atoms with Crippen molar-refractivity contribution in [1.82, 2.24) is 0 Å². The van der Waals surface area contributed by atoms with E-state index in [1.807, 2.05) is 26.8 Å². The normalized spacial score (nSPS) is 13.8. The molecular weight excluding hydrogens is 343 g/mol. The van der Waals surface area contributed by atoms with Gasteiger partial charge in [0, 0.05) is 5.57 Å². The van der Waals surface area contributed by atoms with Gasteiger partial charge in [0.1, 0.15) is 5.83 Å². The first-order chi connectivity index (χ1) is 13.1. The zero-order chi connectivity index (χ0) is 21.6. The number of hydrogen-bond acceptors (Lipinski definition) is 0. The van der Waals surface area contributed by atoms with Crippen LogP contribution >= 0.6 is 0 Å². The van der Waals surface area contributed by atoms with Gasteiger partial charge < -0.3 is 0 Å². The Morgan fingerprint density at radius 2 is 1.75 bits per heavy atom. The van der Waals surface area contributed by atoms with Crippen LogP contribution in [0.2, 0.25) is 0 Å². The van der Waals surface area contributed by atoms with Gasteiger partial charge in [0.15, 0.2) is 0 Å². The Balaban J connectivity index is 3.77. The lowest BCUT2D eigenvalue weighted by Gasteiger charge is -2.20. The Labute approximate surface area is 171 Å². The van der Waals surface area contributed by atoms with E-state index in [0.717, 1.165) is 34.3 Å². The number of hydrogen-bond donors (Lipinski definition) is 0. The third-order valence-electron chi connectivity index (χ3n) is 5.14. The standard InChI is InChI=1S/C27H35F/c1-11-23(18(5)6)21(9)27(28)22(10)24(12-2)26(16-17(3)4)25-15-13-14-19(7)20(25)8/h11-15,17H,2,5,9,16H2,1,3-4,6-8,10H3/b23-11-,26-24+,27-22-. The van der Waals surface area contributed by atoms with E-state index in [1.165, 1.54) is 11.1 Å². The predicted octanol–water partition coefficient (Wildman–Crippen LogP) is 8.61. The summed E-state index contributed by atoms with van der Waals surface area (Å²) in [4.78, 5) is 0. The average molecular weight is 379 g/mol. The molecule has 28 heavy (non-hydrogen) atoms. The van der Waals surface area contributed by atoms with Gasteiger partial charge in [-0.2, -0.15) is 0 Å². The molecule has 0 aliphatic carbocycles. The van der Waals surface area contributed by atoms with Gasteiger partial charge in [-0.25, -0.2) is 4.39 Å². The summed E-state index contributed by atoms with van der Waals surface area (Å²) in [7, 11) is 0. The summed E-state index contributed by atoms with van der Waals surface area (Å²) in [6.07, 6.45) is 4.48. The van der Waals surface area contributed by atoms with Crippen LogP contribution in [0.3, 0.4) is 0 Å². The molecule has 150 valence electrons. The Morgan fingerprint density at radius 1 is 1.14 bits per heavy atom.